The molecule has 0 amide bonds. The molecule has 2 aromatic rings. The number of methoxy groups -OCH3 is 3. The van der Waals surface area contributed by atoms with Crippen LogP contribution >= 0.6 is 0 Å². The summed E-state index contributed by atoms with van der Waals surface area (Å²) >= 11 is 0. The van der Waals surface area contributed by atoms with Crippen molar-refractivity contribution in [3.63, 3.8) is 0 Å². The molecule has 0 heterocycles. The van der Waals surface area contributed by atoms with Crippen molar-refractivity contribution in [1.82, 2.24) is 5.32 Å². The monoisotopic (exact) mass is 359 g/mol. The van der Waals surface area contributed by atoms with Crippen molar-refractivity contribution >= 4 is 0 Å². The molecule has 5 nitrogen and oxygen atoms in total. The van der Waals surface area contributed by atoms with E-state index in [1.165, 1.54) is 11.1 Å². The summed E-state index contributed by atoms with van der Waals surface area (Å²) in [6, 6.07) is 12.4. The molecule has 2 rings (SSSR count). The van der Waals surface area contributed by atoms with Gasteiger partial charge in [-0.3, -0.25) is 0 Å². The smallest absolute Gasteiger partial charge is 0.203 e. The minimum atomic E-state index is 0.245. The molecule has 0 aliphatic rings. The fraction of sp³-hybridized carbons (Fsp3) is 0.429. The summed E-state index contributed by atoms with van der Waals surface area (Å²) in [5.74, 6) is 1.94. The molecule has 142 valence electrons. The first-order valence-corrected chi connectivity index (χ1v) is 8.76. The zero-order valence-electron chi connectivity index (χ0n) is 16.3. The van der Waals surface area contributed by atoms with E-state index in [1.807, 2.05) is 26.0 Å². The zero-order valence-corrected chi connectivity index (χ0v) is 16.3. The minimum absolute atomic E-state index is 0.245. The normalized spacial score (nSPS) is 10.8. The first-order valence-electron chi connectivity index (χ1n) is 8.76. The van der Waals surface area contributed by atoms with Gasteiger partial charge >= 0.3 is 0 Å². The van der Waals surface area contributed by atoms with Crippen molar-refractivity contribution in [2.24, 2.45) is 0 Å². The van der Waals surface area contributed by atoms with Gasteiger partial charge in [0.05, 0.1) is 34.0 Å². The van der Waals surface area contributed by atoms with Gasteiger partial charge in [0.2, 0.25) is 5.75 Å². The molecule has 0 aromatic heterocycles. The van der Waals surface area contributed by atoms with Crippen molar-refractivity contribution < 1.29 is 18.9 Å². The topological polar surface area (TPSA) is 49.0 Å². The Morgan fingerprint density at radius 2 is 1.31 bits per heavy atom. The lowest BCUT2D eigenvalue weighted by molar-refractivity contribution is 0.0657. The molecule has 0 aliphatic heterocycles. The van der Waals surface area contributed by atoms with Gasteiger partial charge in [0.1, 0.15) is 0 Å². The van der Waals surface area contributed by atoms with Crippen LogP contribution in [-0.4, -0.2) is 27.4 Å². The van der Waals surface area contributed by atoms with Crippen LogP contribution in [0.3, 0.4) is 0 Å². The molecular formula is C21H29NO4. The molecule has 0 radical (unpaired) electrons. The number of ether oxygens (including phenoxy) is 4. The van der Waals surface area contributed by atoms with Crippen LogP contribution in [0.25, 0.3) is 0 Å². The molecule has 0 bridgehead atoms. The van der Waals surface area contributed by atoms with Gasteiger partial charge in [0.25, 0.3) is 0 Å². The average Bonchev–Trinajstić information content (AvgIpc) is 2.66. The van der Waals surface area contributed by atoms with Crippen LogP contribution in [0, 0.1) is 0 Å². The van der Waals surface area contributed by atoms with Crippen LogP contribution in [0.15, 0.2) is 36.4 Å². The summed E-state index contributed by atoms with van der Waals surface area (Å²) in [5, 5.41) is 3.44. The Labute approximate surface area is 156 Å². The van der Waals surface area contributed by atoms with Crippen molar-refractivity contribution in [3.05, 3.63) is 53.1 Å². The van der Waals surface area contributed by atoms with Crippen LogP contribution in [0.5, 0.6) is 17.2 Å². The van der Waals surface area contributed by atoms with E-state index in [-0.39, 0.29) is 6.10 Å². The largest absolute Gasteiger partial charge is 0.493 e. The number of benzene rings is 2. The molecule has 0 atom stereocenters. The lowest BCUT2D eigenvalue weighted by Crippen LogP contribution is -2.13. The Morgan fingerprint density at radius 1 is 0.769 bits per heavy atom. The van der Waals surface area contributed by atoms with Gasteiger partial charge in [-0.2, -0.15) is 0 Å². The summed E-state index contributed by atoms with van der Waals surface area (Å²) in [5.41, 5.74) is 3.49. The SMILES string of the molecule is COc1cc(CNCc2ccc(COC(C)C)cc2)cc(OC)c1OC. The van der Waals surface area contributed by atoms with Crippen LogP contribution in [0.4, 0.5) is 0 Å². The lowest BCUT2D eigenvalue weighted by atomic mass is 10.1. The minimum Gasteiger partial charge on any atom is -0.493 e. The van der Waals surface area contributed by atoms with Gasteiger partial charge in [-0.05, 0) is 42.7 Å². The van der Waals surface area contributed by atoms with Crippen molar-refractivity contribution in [3.8, 4) is 17.2 Å². The highest BCUT2D eigenvalue weighted by Crippen LogP contribution is 2.38. The molecule has 2 aromatic carbocycles. The van der Waals surface area contributed by atoms with Gasteiger partial charge in [-0.15, -0.1) is 0 Å². The van der Waals surface area contributed by atoms with Crippen molar-refractivity contribution in [1.29, 1.82) is 0 Å². The second kappa shape index (κ2) is 10.0. The maximum absolute atomic E-state index is 5.62. The maximum atomic E-state index is 5.62. The van der Waals surface area contributed by atoms with Crippen LogP contribution < -0.4 is 19.5 Å². The molecule has 0 saturated heterocycles. The van der Waals surface area contributed by atoms with Crippen molar-refractivity contribution in [2.45, 2.75) is 39.6 Å². The Balaban J connectivity index is 1.93. The predicted octanol–water partition coefficient (Wildman–Crippen LogP) is 3.93. The standard InChI is InChI=1S/C21H29NO4/c1-15(2)26-14-17-8-6-16(7-9-17)12-22-13-18-10-19(23-3)21(25-5)20(11-18)24-4/h6-11,15,22H,12-14H2,1-5H3. The van der Waals surface area contributed by atoms with Gasteiger partial charge in [-0.25, -0.2) is 0 Å². The van der Waals surface area contributed by atoms with Crippen LogP contribution in [0.1, 0.15) is 30.5 Å². The summed E-state index contributed by atoms with van der Waals surface area (Å²) in [6.45, 7) is 6.22. The maximum Gasteiger partial charge on any atom is 0.203 e. The van der Waals surface area contributed by atoms with E-state index >= 15 is 0 Å². The quantitative estimate of drug-likeness (QED) is 0.697. The van der Waals surface area contributed by atoms with E-state index in [4.69, 9.17) is 18.9 Å². The Kier molecular flexibility index (Phi) is 7.75. The molecular weight excluding hydrogens is 330 g/mol. The first-order chi connectivity index (χ1) is 12.6. The van der Waals surface area contributed by atoms with Gasteiger partial charge in [0.15, 0.2) is 11.5 Å². The Hall–Kier alpha value is -2.24. The lowest BCUT2D eigenvalue weighted by Gasteiger charge is -2.14. The molecule has 5 heteroatoms. The third-order valence-electron chi connectivity index (χ3n) is 3.99. The molecule has 0 saturated carbocycles. The first kappa shape index (κ1) is 20.1. The van der Waals surface area contributed by atoms with Gasteiger partial charge in [-0.1, -0.05) is 24.3 Å². The van der Waals surface area contributed by atoms with E-state index in [2.05, 4.69) is 29.6 Å². The molecule has 0 spiro atoms. The fourth-order valence-corrected chi connectivity index (χ4v) is 2.60. The number of rotatable bonds is 10. The van der Waals surface area contributed by atoms with E-state index < -0.39 is 0 Å². The number of hydrogen-bond donors (Lipinski definition) is 1. The Morgan fingerprint density at radius 3 is 1.81 bits per heavy atom. The molecule has 0 unspecified atom stereocenters. The number of hydrogen-bond acceptors (Lipinski definition) is 5. The highest BCUT2D eigenvalue weighted by molar-refractivity contribution is 5.53. The zero-order chi connectivity index (χ0) is 18.9. The third-order valence-corrected chi connectivity index (χ3v) is 3.99. The Bertz CT molecular complexity index is 658. The summed E-state index contributed by atoms with van der Waals surface area (Å²) in [7, 11) is 4.85. The summed E-state index contributed by atoms with van der Waals surface area (Å²) < 4.78 is 21.8. The van der Waals surface area contributed by atoms with E-state index in [0.29, 0.717) is 30.4 Å². The summed E-state index contributed by atoms with van der Waals surface area (Å²) in [6.07, 6.45) is 0.245. The van der Waals surface area contributed by atoms with Gasteiger partial charge in [0, 0.05) is 13.1 Å². The third kappa shape index (κ3) is 5.64. The predicted molar refractivity (Wildman–Crippen MR) is 103 cm³/mol. The van der Waals surface area contributed by atoms with Crippen LogP contribution in [0.2, 0.25) is 0 Å². The molecule has 26 heavy (non-hydrogen) atoms. The van der Waals surface area contributed by atoms with Crippen LogP contribution in [-0.2, 0) is 24.4 Å². The highest BCUT2D eigenvalue weighted by atomic mass is 16.5. The van der Waals surface area contributed by atoms with Crippen molar-refractivity contribution in [2.75, 3.05) is 21.3 Å². The molecule has 0 aliphatic carbocycles. The fourth-order valence-electron chi connectivity index (χ4n) is 2.60. The van der Waals surface area contributed by atoms with E-state index in [9.17, 15) is 0 Å². The average molecular weight is 359 g/mol. The highest BCUT2D eigenvalue weighted by Gasteiger charge is 2.12. The molecule has 0 fully saturated rings. The molecule has 1 N–H and O–H groups in total. The van der Waals surface area contributed by atoms with E-state index in [0.717, 1.165) is 12.1 Å². The summed E-state index contributed by atoms with van der Waals surface area (Å²) in [4.78, 5) is 0. The number of nitrogens with one attached hydrogen (secondary N) is 1. The second-order valence-electron chi connectivity index (χ2n) is 6.31. The second-order valence-corrected chi connectivity index (χ2v) is 6.31. The van der Waals surface area contributed by atoms with Gasteiger partial charge < -0.3 is 24.3 Å². The van der Waals surface area contributed by atoms with E-state index in [1.54, 1.807) is 21.3 Å².